The Morgan fingerprint density at radius 2 is 1.96 bits per heavy atom. The summed E-state index contributed by atoms with van der Waals surface area (Å²) in [5, 5.41) is 13.4. The van der Waals surface area contributed by atoms with E-state index in [-0.39, 0.29) is 17.6 Å². The summed E-state index contributed by atoms with van der Waals surface area (Å²) in [7, 11) is 0. The van der Waals surface area contributed by atoms with Gasteiger partial charge in [0, 0.05) is 40.1 Å². The second kappa shape index (κ2) is 10.1. The second-order valence-electron chi connectivity index (χ2n) is 5.25. The van der Waals surface area contributed by atoms with E-state index in [4.69, 9.17) is 4.74 Å². The first-order valence-corrected chi connectivity index (χ1v) is 9.10. The van der Waals surface area contributed by atoms with Crippen LogP contribution in [-0.2, 0) is 9.53 Å². The van der Waals surface area contributed by atoms with E-state index in [1.54, 1.807) is 19.1 Å². The first-order chi connectivity index (χ1) is 13.0. The van der Waals surface area contributed by atoms with Gasteiger partial charge in [-0.1, -0.05) is 12.1 Å². The van der Waals surface area contributed by atoms with Crippen LogP contribution in [0.5, 0.6) is 0 Å². The summed E-state index contributed by atoms with van der Waals surface area (Å²) in [6.45, 7) is 2.09. The second-order valence-corrected chi connectivity index (χ2v) is 6.34. The number of hydrogen-bond acceptors (Lipinski definition) is 6. The summed E-state index contributed by atoms with van der Waals surface area (Å²) in [6, 6.07) is 12.7. The van der Waals surface area contributed by atoms with Crippen LogP contribution in [0.2, 0.25) is 0 Å². The number of nitrogens with one attached hydrogen (secondary N) is 1. The van der Waals surface area contributed by atoms with Gasteiger partial charge in [0.1, 0.15) is 0 Å². The van der Waals surface area contributed by atoms with Crippen LogP contribution in [0.4, 0.5) is 11.4 Å². The fourth-order valence-electron chi connectivity index (χ4n) is 2.08. The maximum absolute atomic E-state index is 12.3. The predicted octanol–water partition coefficient (Wildman–Crippen LogP) is 4.06. The molecule has 1 N–H and O–H groups in total. The third-order valence-electron chi connectivity index (χ3n) is 3.32. The Morgan fingerprint density at radius 3 is 2.63 bits per heavy atom. The predicted molar refractivity (Wildman–Crippen MR) is 104 cm³/mol. The Bertz CT molecular complexity index is 849. The molecule has 0 unspecified atom stereocenters. The monoisotopic (exact) mass is 386 g/mol. The number of rotatable bonds is 8. The fourth-order valence-corrected chi connectivity index (χ4v) is 2.85. The molecule has 8 heteroatoms. The van der Waals surface area contributed by atoms with Gasteiger partial charge in [-0.15, -0.1) is 11.8 Å². The molecule has 1 amide bonds. The molecule has 0 saturated heterocycles. The quantitative estimate of drug-likeness (QED) is 0.241. The van der Waals surface area contributed by atoms with Crippen molar-refractivity contribution in [3.63, 3.8) is 0 Å². The molecule has 0 saturated carbocycles. The number of nitrogens with zero attached hydrogens (tertiary/aromatic N) is 1. The Kier molecular flexibility index (Phi) is 7.57. The number of non-ortho nitro benzene ring substituents is 1. The van der Waals surface area contributed by atoms with Gasteiger partial charge in [-0.3, -0.25) is 14.9 Å². The number of nitro benzene ring substituents is 1. The maximum atomic E-state index is 12.3. The molecule has 140 valence electrons. The van der Waals surface area contributed by atoms with E-state index in [1.807, 2.05) is 18.2 Å². The van der Waals surface area contributed by atoms with Crippen molar-refractivity contribution in [3.8, 4) is 0 Å². The number of amides is 1. The molecule has 2 aromatic carbocycles. The molecule has 27 heavy (non-hydrogen) atoms. The number of ether oxygens (including phenoxy) is 1. The van der Waals surface area contributed by atoms with Gasteiger partial charge < -0.3 is 10.1 Å². The van der Waals surface area contributed by atoms with Gasteiger partial charge in [0.15, 0.2) is 0 Å². The summed E-state index contributed by atoms with van der Waals surface area (Å²) in [5.41, 5.74) is 0.870. The molecule has 0 fully saturated rings. The summed E-state index contributed by atoms with van der Waals surface area (Å²) in [6.07, 6.45) is 3.10. The highest BCUT2D eigenvalue weighted by Crippen LogP contribution is 2.22. The minimum Gasteiger partial charge on any atom is -0.463 e. The van der Waals surface area contributed by atoms with Gasteiger partial charge in [0.2, 0.25) is 0 Å². The molecule has 0 spiro atoms. The number of thioether (sulfide) groups is 1. The highest BCUT2D eigenvalue weighted by atomic mass is 32.2. The summed E-state index contributed by atoms with van der Waals surface area (Å²) < 4.78 is 4.80. The van der Waals surface area contributed by atoms with E-state index < -0.39 is 4.92 Å². The molecule has 2 rings (SSSR count). The lowest BCUT2D eigenvalue weighted by Crippen LogP contribution is -2.11. The number of hydrogen-bond donors (Lipinski definition) is 1. The Balaban J connectivity index is 1.93. The van der Waals surface area contributed by atoms with Crippen LogP contribution in [0.1, 0.15) is 17.3 Å². The zero-order valence-electron chi connectivity index (χ0n) is 14.6. The fraction of sp³-hybridized carbons (Fsp3) is 0.158. The lowest BCUT2D eigenvalue weighted by atomic mass is 10.2. The van der Waals surface area contributed by atoms with Gasteiger partial charge >= 0.3 is 5.97 Å². The van der Waals surface area contributed by atoms with Crippen LogP contribution in [0.25, 0.3) is 0 Å². The lowest BCUT2D eigenvalue weighted by Gasteiger charge is -2.07. The molecule has 7 nitrogen and oxygen atoms in total. The molecule has 0 aromatic heterocycles. The lowest BCUT2D eigenvalue weighted by molar-refractivity contribution is -0.384. The Labute approximate surface area is 160 Å². The van der Waals surface area contributed by atoms with E-state index in [9.17, 15) is 19.7 Å². The summed E-state index contributed by atoms with van der Waals surface area (Å²) in [4.78, 5) is 34.5. The third-order valence-corrected chi connectivity index (χ3v) is 4.27. The van der Waals surface area contributed by atoms with Crippen molar-refractivity contribution in [1.82, 2.24) is 0 Å². The zero-order valence-corrected chi connectivity index (χ0v) is 15.4. The largest absolute Gasteiger partial charge is 0.463 e. The number of carbonyl (C=O) groups excluding carboxylic acids is 2. The van der Waals surface area contributed by atoms with Gasteiger partial charge in [0.05, 0.1) is 11.5 Å². The van der Waals surface area contributed by atoms with Gasteiger partial charge in [-0.25, -0.2) is 4.79 Å². The molecule has 0 aliphatic rings. The average Bonchev–Trinajstić information content (AvgIpc) is 2.66. The zero-order chi connectivity index (χ0) is 19.6. The first-order valence-electron chi connectivity index (χ1n) is 8.11. The van der Waals surface area contributed by atoms with E-state index in [1.165, 1.54) is 42.1 Å². The van der Waals surface area contributed by atoms with Crippen molar-refractivity contribution < 1.29 is 19.2 Å². The van der Waals surface area contributed by atoms with E-state index in [2.05, 4.69) is 5.32 Å². The highest BCUT2D eigenvalue weighted by molar-refractivity contribution is 7.99. The van der Waals surface area contributed by atoms with Gasteiger partial charge in [0.25, 0.3) is 11.6 Å². The van der Waals surface area contributed by atoms with Crippen LogP contribution in [0.3, 0.4) is 0 Å². The topological polar surface area (TPSA) is 98.5 Å². The molecule has 0 atom stereocenters. The molecular weight excluding hydrogens is 368 g/mol. The van der Waals surface area contributed by atoms with Crippen molar-refractivity contribution in [2.24, 2.45) is 0 Å². The normalized spacial score (nSPS) is 10.6. The minimum absolute atomic E-state index is 0.0687. The Hall–Kier alpha value is -3.13. The highest BCUT2D eigenvalue weighted by Gasteiger charge is 2.10. The first kappa shape index (κ1) is 20.2. The smallest absolute Gasteiger partial charge is 0.330 e. The molecule has 0 aliphatic heterocycles. The van der Waals surface area contributed by atoms with E-state index >= 15 is 0 Å². The van der Waals surface area contributed by atoms with Crippen molar-refractivity contribution >= 4 is 35.0 Å². The van der Waals surface area contributed by atoms with Crippen LogP contribution in [-0.4, -0.2) is 29.2 Å². The van der Waals surface area contributed by atoms with E-state index in [0.29, 0.717) is 23.6 Å². The average molecular weight is 386 g/mol. The van der Waals surface area contributed by atoms with Crippen molar-refractivity contribution in [2.75, 3.05) is 17.7 Å². The number of anilines is 1. The van der Waals surface area contributed by atoms with Crippen LogP contribution < -0.4 is 5.32 Å². The van der Waals surface area contributed by atoms with Gasteiger partial charge in [-0.05, 0) is 37.3 Å². The van der Waals surface area contributed by atoms with Crippen LogP contribution in [0.15, 0.2) is 65.6 Å². The molecule has 0 bridgehead atoms. The number of carbonyl (C=O) groups is 2. The van der Waals surface area contributed by atoms with E-state index in [0.717, 1.165) is 4.90 Å². The molecule has 2 aromatic rings. The van der Waals surface area contributed by atoms with Crippen molar-refractivity contribution in [2.45, 2.75) is 11.8 Å². The number of nitro groups is 1. The molecule has 0 heterocycles. The third kappa shape index (κ3) is 6.59. The maximum Gasteiger partial charge on any atom is 0.330 e. The van der Waals surface area contributed by atoms with Gasteiger partial charge in [-0.2, -0.15) is 0 Å². The van der Waals surface area contributed by atoms with Crippen LogP contribution >= 0.6 is 11.8 Å². The SMILES string of the molecule is CCOC(=O)/C=C/CSc1cccc(NC(=O)c2ccc([N+](=O)[O-])cc2)c1. The molecule has 0 radical (unpaired) electrons. The van der Waals surface area contributed by atoms with Crippen LogP contribution in [0, 0.1) is 10.1 Å². The Morgan fingerprint density at radius 1 is 1.22 bits per heavy atom. The summed E-state index contributed by atoms with van der Waals surface area (Å²) in [5.74, 6) is -0.144. The molecule has 0 aliphatic carbocycles. The standard InChI is InChI=1S/C19H18N2O5S/c1-2-26-18(22)7-4-12-27-17-6-3-5-15(13-17)20-19(23)14-8-10-16(11-9-14)21(24)25/h3-11,13H,2,12H2,1H3,(H,20,23)/b7-4+. The summed E-state index contributed by atoms with van der Waals surface area (Å²) >= 11 is 1.50. The molecular formula is C19H18N2O5S. The van der Waals surface area contributed by atoms with Crippen molar-refractivity contribution in [1.29, 1.82) is 0 Å². The van der Waals surface area contributed by atoms with Crippen molar-refractivity contribution in [3.05, 3.63) is 76.4 Å². The number of esters is 1. The minimum atomic E-state index is -0.515. The number of benzene rings is 2.